The number of hydrogen-bond donors (Lipinski definition) is 1. The molecule has 1 fully saturated rings. The minimum atomic E-state index is -0.984. The Morgan fingerprint density at radius 1 is 1.23 bits per heavy atom. The van der Waals surface area contributed by atoms with Crippen molar-refractivity contribution < 1.29 is 9.59 Å². The number of carbonyl (C=O) groups excluding carboxylic acids is 2. The molecule has 1 aliphatic heterocycles. The van der Waals surface area contributed by atoms with Crippen molar-refractivity contribution in [1.82, 2.24) is 19.8 Å². The van der Waals surface area contributed by atoms with Crippen molar-refractivity contribution in [1.29, 1.82) is 0 Å². The molecule has 1 unspecified atom stereocenters. The summed E-state index contributed by atoms with van der Waals surface area (Å²) >= 11 is 1.62. The van der Waals surface area contributed by atoms with E-state index in [4.69, 9.17) is 0 Å². The summed E-state index contributed by atoms with van der Waals surface area (Å²) in [5.74, 6) is -0.176. The fourth-order valence-corrected chi connectivity index (χ4v) is 5.76. The second kappa shape index (κ2) is 8.11. The van der Waals surface area contributed by atoms with Crippen molar-refractivity contribution >= 4 is 33.4 Å². The molecule has 1 atom stereocenters. The summed E-state index contributed by atoms with van der Waals surface area (Å²) in [5, 5.41) is 5.34. The summed E-state index contributed by atoms with van der Waals surface area (Å²) in [6.45, 7) is 2.66. The van der Waals surface area contributed by atoms with Crippen molar-refractivity contribution in [2.75, 3.05) is 0 Å². The highest BCUT2D eigenvalue weighted by molar-refractivity contribution is 7.17. The number of amides is 2. The third-order valence-corrected chi connectivity index (χ3v) is 7.63. The van der Waals surface area contributed by atoms with Crippen LogP contribution in [0.15, 0.2) is 41.9 Å². The van der Waals surface area contributed by atoms with Gasteiger partial charge in [0.1, 0.15) is 11.2 Å². The molecule has 1 N–H and O–H groups in total. The molecule has 2 aliphatic rings. The van der Waals surface area contributed by atoms with Crippen LogP contribution < -0.4 is 5.32 Å². The van der Waals surface area contributed by atoms with Crippen molar-refractivity contribution in [2.24, 2.45) is 0 Å². The lowest BCUT2D eigenvalue weighted by molar-refractivity contribution is -0.134. The predicted molar refractivity (Wildman–Crippen MR) is 122 cm³/mol. The molecule has 7 heteroatoms. The number of pyridine rings is 1. The summed E-state index contributed by atoms with van der Waals surface area (Å²) in [6, 6.07) is 9.86. The standard InChI is InChI=1S/C24H28N4O2S/c1-24(23(30)26-17-8-4-2-3-5-9-17)16-27-19-11-13-31-21(19)14-20(27)22(29)28(24)15-18-10-6-7-12-25-18/h6-7,10-14,17H,2-5,8-9,15-16H2,1H3,(H,26,30). The zero-order valence-electron chi connectivity index (χ0n) is 17.8. The maximum Gasteiger partial charge on any atom is 0.271 e. The van der Waals surface area contributed by atoms with E-state index >= 15 is 0 Å². The van der Waals surface area contributed by atoms with Gasteiger partial charge in [0.05, 0.1) is 29.0 Å². The molecular weight excluding hydrogens is 408 g/mol. The Bertz CT molecular complexity index is 1100. The van der Waals surface area contributed by atoms with Crippen LogP contribution in [-0.4, -0.2) is 37.8 Å². The molecule has 0 saturated heterocycles. The van der Waals surface area contributed by atoms with Crippen molar-refractivity contribution in [3.05, 3.63) is 53.3 Å². The average Bonchev–Trinajstić information content (AvgIpc) is 3.26. The lowest BCUT2D eigenvalue weighted by atomic mass is 9.93. The molecule has 162 valence electrons. The molecule has 4 heterocycles. The Morgan fingerprint density at radius 2 is 2.03 bits per heavy atom. The number of aromatic nitrogens is 2. The molecule has 0 spiro atoms. The molecule has 3 aromatic rings. The second-order valence-electron chi connectivity index (χ2n) is 8.93. The van der Waals surface area contributed by atoms with Crippen molar-refractivity contribution in [3.63, 3.8) is 0 Å². The number of rotatable bonds is 4. The van der Waals surface area contributed by atoms with E-state index in [0.717, 1.165) is 41.6 Å². The molecule has 1 saturated carbocycles. The Morgan fingerprint density at radius 3 is 2.77 bits per heavy atom. The molecule has 0 aromatic carbocycles. The zero-order valence-corrected chi connectivity index (χ0v) is 18.7. The van der Waals surface area contributed by atoms with Gasteiger partial charge in [0.25, 0.3) is 5.91 Å². The lowest BCUT2D eigenvalue weighted by Gasteiger charge is -2.44. The average molecular weight is 437 g/mol. The lowest BCUT2D eigenvalue weighted by Crippen LogP contribution is -2.64. The SMILES string of the molecule is CC1(C(=O)NC2CCCCCC2)Cn2c(cc3sccc32)C(=O)N1Cc1ccccn1. The fraction of sp³-hybridized carbons (Fsp3) is 0.458. The molecule has 5 rings (SSSR count). The van der Waals surface area contributed by atoms with Gasteiger partial charge in [0.15, 0.2) is 0 Å². The largest absolute Gasteiger partial charge is 0.351 e. The maximum atomic E-state index is 13.7. The van der Waals surface area contributed by atoms with Crippen LogP contribution in [0.25, 0.3) is 10.2 Å². The molecule has 31 heavy (non-hydrogen) atoms. The van der Waals surface area contributed by atoms with Crippen LogP contribution in [0.3, 0.4) is 0 Å². The van der Waals surface area contributed by atoms with E-state index < -0.39 is 5.54 Å². The van der Waals surface area contributed by atoms with E-state index in [-0.39, 0.29) is 17.9 Å². The molecular formula is C24H28N4O2S. The van der Waals surface area contributed by atoms with Gasteiger partial charge in [-0.15, -0.1) is 11.3 Å². The normalized spacial score (nSPS) is 22.4. The molecule has 6 nitrogen and oxygen atoms in total. The fourth-order valence-electron chi connectivity index (χ4n) is 4.94. The molecule has 1 aliphatic carbocycles. The van der Waals surface area contributed by atoms with Crippen LogP contribution in [0.4, 0.5) is 0 Å². The minimum absolute atomic E-state index is 0.0635. The van der Waals surface area contributed by atoms with E-state index in [1.165, 1.54) is 12.8 Å². The molecule has 0 bridgehead atoms. The maximum absolute atomic E-state index is 13.7. The molecule has 3 aromatic heterocycles. The highest BCUT2D eigenvalue weighted by atomic mass is 32.1. The number of hydrogen-bond acceptors (Lipinski definition) is 4. The Kier molecular flexibility index (Phi) is 5.30. The van der Waals surface area contributed by atoms with Crippen LogP contribution in [0.5, 0.6) is 0 Å². The van der Waals surface area contributed by atoms with E-state index in [0.29, 0.717) is 18.8 Å². The summed E-state index contributed by atoms with van der Waals surface area (Å²) in [6.07, 6.45) is 8.52. The first-order valence-corrected chi connectivity index (χ1v) is 12.0. The van der Waals surface area contributed by atoms with E-state index in [1.54, 1.807) is 22.4 Å². The Hall–Kier alpha value is -2.67. The van der Waals surface area contributed by atoms with Crippen LogP contribution in [0, 0.1) is 0 Å². The van der Waals surface area contributed by atoms with Gasteiger partial charge in [-0.05, 0) is 49.4 Å². The first-order valence-electron chi connectivity index (χ1n) is 11.2. The van der Waals surface area contributed by atoms with Crippen molar-refractivity contribution in [3.8, 4) is 0 Å². The van der Waals surface area contributed by atoms with E-state index in [1.807, 2.05) is 47.2 Å². The summed E-state index contributed by atoms with van der Waals surface area (Å²) in [4.78, 5) is 33.5. The second-order valence-corrected chi connectivity index (χ2v) is 9.88. The van der Waals surface area contributed by atoms with Gasteiger partial charge in [0.2, 0.25) is 5.91 Å². The number of nitrogens with one attached hydrogen (secondary N) is 1. The quantitative estimate of drug-likeness (QED) is 0.618. The first-order chi connectivity index (χ1) is 15.1. The molecule has 2 amide bonds. The van der Waals surface area contributed by atoms with Gasteiger partial charge in [0, 0.05) is 12.2 Å². The van der Waals surface area contributed by atoms with E-state index in [2.05, 4.69) is 10.3 Å². The van der Waals surface area contributed by atoms with Gasteiger partial charge >= 0.3 is 0 Å². The van der Waals surface area contributed by atoms with Crippen LogP contribution in [0.2, 0.25) is 0 Å². The summed E-state index contributed by atoms with van der Waals surface area (Å²) in [7, 11) is 0. The van der Waals surface area contributed by atoms with Crippen molar-refractivity contribution in [2.45, 2.75) is 70.1 Å². The molecule has 0 radical (unpaired) electrons. The topological polar surface area (TPSA) is 67.2 Å². The van der Waals surface area contributed by atoms with Crippen LogP contribution in [-0.2, 0) is 17.9 Å². The number of thiophene rings is 1. The van der Waals surface area contributed by atoms with Gasteiger partial charge in [-0.1, -0.05) is 31.7 Å². The predicted octanol–water partition coefficient (Wildman–Crippen LogP) is 4.35. The smallest absolute Gasteiger partial charge is 0.271 e. The van der Waals surface area contributed by atoms with Gasteiger partial charge in [-0.3, -0.25) is 14.6 Å². The number of nitrogens with zero attached hydrogens (tertiary/aromatic N) is 3. The third kappa shape index (κ3) is 3.65. The highest BCUT2D eigenvalue weighted by Crippen LogP contribution is 2.35. The number of carbonyl (C=O) groups is 2. The zero-order chi connectivity index (χ0) is 21.4. The van der Waals surface area contributed by atoms with Gasteiger partial charge in [-0.2, -0.15) is 0 Å². The minimum Gasteiger partial charge on any atom is -0.351 e. The van der Waals surface area contributed by atoms with E-state index in [9.17, 15) is 9.59 Å². The third-order valence-electron chi connectivity index (χ3n) is 6.77. The monoisotopic (exact) mass is 436 g/mol. The highest BCUT2D eigenvalue weighted by Gasteiger charge is 2.48. The summed E-state index contributed by atoms with van der Waals surface area (Å²) in [5.41, 5.74) is 1.48. The van der Waals surface area contributed by atoms with Crippen LogP contribution in [0.1, 0.15) is 61.6 Å². The van der Waals surface area contributed by atoms with Gasteiger partial charge in [-0.25, -0.2) is 0 Å². The Balaban J connectivity index is 1.51. The van der Waals surface area contributed by atoms with Gasteiger partial charge < -0.3 is 14.8 Å². The first kappa shape index (κ1) is 20.2. The number of fused-ring (bicyclic) bond motifs is 3. The summed E-state index contributed by atoms with van der Waals surface area (Å²) < 4.78 is 3.10. The Labute approximate surface area is 186 Å². The van der Waals surface area contributed by atoms with Crippen LogP contribution >= 0.6 is 11.3 Å².